The summed E-state index contributed by atoms with van der Waals surface area (Å²) in [6, 6.07) is 14.2. The summed E-state index contributed by atoms with van der Waals surface area (Å²) >= 11 is 0. The lowest BCUT2D eigenvalue weighted by Crippen LogP contribution is -2.04. The van der Waals surface area contributed by atoms with E-state index in [-0.39, 0.29) is 12.3 Å². The van der Waals surface area contributed by atoms with Gasteiger partial charge < -0.3 is 5.11 Å². The summed E-state index contributed by atoms with van der Waals surface area (Å²) in [5.74, 6) is -1.09. The zero-order valence-electron chi connectivity index (χ0n) is 12.6. The quantitative estimate of drug-likeness (QED) is 0.852. The van der Waals surface area contributed by atoms with E-state index < -0.39 is 5.97 Å². The summed E-state index contributed by atoms with van der Waals surface area (Å²) in [5.41, 5.74) is 3.07. The van der Waals surface area contributed by atoms with Gasteiger partial charge >= 0.3 is 5.97 Å². The van der Waals surface area contributed by atoms with Crippen LogP contribution in [0, 0.1) is 17.2 Å². The highest BCUT2D eigenvalue weighted by Gasteiger charge is 2.13. The second kappa shape index (κ2) is 7.41. The van der Waals surface area contributed by atoms with E-state index in [1.54, 1.807) is 0 Å². The third-order valence-electron chi connectivity index (χ3n) is 3.64. The van der Waals surface area contributed by atoms with Gasteiger partial charge in [-0.25, -0.2) is 0 Å². The lowest BCUT2D eigenvalue weighted by Gasteiger charge is -2.05. The Kier molecular flexibility index (Phi) is 5.31. The summed E-state index contributed by atoms with van der Waals surface area (Å²) in [6.07, 6.45) is 1.74. The van der Waals surface area contributed by atoms with Crippen LogP contribution in [0.4, 0.5) is 0 Å². The standard InChI is InChI=1S/C17H19N3O2/c1-20-16(14-5-3-2-4-6-14)11-15(19-20)9-7-13(12-18)8-10-17(21)22/h2-6,11,13H,7-10H2,1H3,(H,21,22). The second-order valence-corrected chi connectivity index (χ2v) is 5.31. The SMILES string of the molecule is Cn1nc(CCC(C#N)CCC(=O)O)cc1-c1ccccc1. The van der Waals surface area contributed by atoms with Gasteiger partial charge in [-0.2, -0.15) is 10.4 Å². The van der Waals surface area contributed by atoms with Crippen LogP contribution in [-0.4, -0.2) is 20.9 Å². The molecule has 0 fully saturated rings. The largest absolute Gasteiger partial charge is 0.481 e. The average Bonchev–Trinajstić information content (AvgIpc) is 2.89. The van der Waals surface area contributed by atoms with Crippen molar-refractivity contribution < 1.29 is 9.90 Å². The van der Waals surface area contributed by atoms with Crippen molar-refractivity contribution >= 4 is 5.97 Å². The Morgan fingerprint density at radius 2 is 2.09 bits per heavy atom. The zero-order valence-corrected chi connectivity index (χ0v) is 12.6. The molecule has 1 unspecified atom stereocenters. The topological polar surface area (TPSA) is 78.9 Å². The first-order chi connectivity index (χ1) is 10.6. The lowest BCUT2D eigenvalue weighted by atomic mass is 9.98. The number of nitrogens with zero attached hydrogens (tertiary/aromatic N) is 3. The third kappa shape index (κ3) is 4.19. The molecule has 0 bridgehead atoms. The first-order valence-corrected chi connectivity index (χ1v) is 7.30. The molecule has 0 saturated heterocycles. The van der Waals surface area contributed by atoms with Crippen LogP contribution < -0.4 is 0 Å². The maximum absolute atomic E-state index is 10.6. The molecule has 0 aliphatic rings. The van der Waals surface area contributed by atoms with Gasteiger partial charge in [0, 0.05) is 19.4 Å². The van der Waals surface area contributed by atoms with Crippen molar-refractivity contribution in [1.82, 2.24) is 9.78 Å². The molecule has 5 nitrogen and oxygen atoms in total. The van der Waals surface area contributed by atoms with Gasteiger partial charge in [-0.1, -0.05) is 30.3 Å². The Hall–Kier alpha value is -2.61. The molecule has 0 spiro atoms. The molecule has 1 atom stereocenters. The van der Waals surface area contributed by atoms with E-state index in [1.165, 1.54) is 0 Å². The molecule has 1 heterocycles. The predicted octanol–water partition coefficient (Wildman–Crippen LogP) is 3.02. The van der Waals surface area contributed by atoms with E-state index in [4.69, 9.17) is 10.4 Å². The minimum absolute atomic E-state index is 0.0374. The van der Waals surface area contributed by atoms with Gasteiger partial charge in [0.1, 0.15) is 0 Å². The Bertz CT molecular complexity index is 671. The second-order valence-electron chi connectivity index (χ2n) is 5.31. The monoisotopic (exact) mass is 297 g/mol. The van der Waals surface area contributed by atoms with Gasteiger partial charge in [0.25, 0.3) is 0 Å². The van der Waals surface area contributed by atoms with Crippen molar-refractivity contribution in [3.63, 3.8) is 0 Å². The highest BCUT2D eigenvalue weighted by atomic mass is 16.4. The van der Waals surface area contributed by atoms with E-state index in [0.29, 0.717) is 19.3 Å². The molecule has 0 radical (unpaired) electrons. The summed E-state index contributed by atoms with van der Waals surface area (Å²) in [4.78, 5) is 10.6. The molecule has 0 aliphatic heterocycles. The Morgan fingerprint density at radius 1 is 1.36 bits per heavy atom. The number of hydrogen-bond donors (Lipinski definition) is 1. The van der Waals surface area contributed by atoms with Gasteiger partial charge in [-0.05, 0) is 30.9 Å². The number of carbonyl (C=O) groups is 1. The Balaban J connectivity index is 2.00. The molecular weight excluding hydrogens is 278 g/mol. The first kappa shape index (κ1) is 15.8. The number of aryl methyl sites for hydroxylation is 2. The van der Waals surface area contributed by atoms with E-state index >= 15 is 0 Å². The molecule has 2 aromatic rings. The van der Waals surface area contributed by atoms with E-state index in [1.807, 2.05) is 48.1 Å². The molecule has 22 heavy (non-hydrogen) atoms. The third-order valence-corrected chi connectivity index (χ3v) is 3.64. The van der Waals surface area contributed by atoms with Gasteiger partial charge in [0.15, 0.2) is 0 Å². The van der Waals surface area contributed by atoms with Crippen molar-refractivity contribution in [3.8, 4) is 17.3 Å². The van der Waals surface area contributed by atoms with Crippen LogP contribution in [-0.2, 0) is 18.3 Å². The summed E-state index contributed by atoms with van der Waals surface area (Å²) in [5, 5.41) is 22.2. The molecule has 1 N–H and O–H groups in total. The molecular formula is C17H19N3O2. The number of rotatable bonds is 7. The number of aliphatic carboxylic acids is 1. The summed E-state index contributed by atoms with van der Waals surface area (Å²) < 4.78 is 1.84. The molecule has 2 rings (SSSR count). The predicted molar refractivity (Wildman–Crippen MR) is 82.9 cm³/mol. The minimum atomic E-state index is -0.857. The van der Waals surface area contributed by atoms with E-state index in [0.717, 1.165) is 17.0 Å². The van der Waals surface area contributed by atoms with Gasteiger partial charge in [-0.15, -0.1) is 0 Å². The molecule has 1 aromatic carbocycles. The number of hydrogen-bond acceptors (Lipinski definition) is 3. The first-order valence-electron chi connectivity index (χ1n) is 7.30. The molecule has 1 aromatic heterocycles. The van der Waals surface area contributed by atoms with Crippen LogP contribution in [0.3, 0.4) is 0 Å². The van der Waals surface area contributed by atoms with Crippen LogP contribution in [0.2, 0.25) is 0 Å². The molecule has 0 aliphatic carbocycles. The lowest BCUT2D eigenvalue weighted by molar-refractivity contribution is -0.137. The number of aromatic nitrogens is 2. The zero-order chi connectivity index (χ0) is 15.9. The fraction of sp³-hybridized carbons (Fsp3) is 0.353. The Morgan fingerprint density at radius 3 is 2.73 bits per heavy atom. The Labute approximate surface area is 129 Å². The van der Waals surface area contributed by atoms with Crippen LogP contribution in [0.25, 0.3) is 11.3 Å². The van der Waals surface area contributed by atoms with Crippen molar-refractivity contribution in [3.05, 3.63) is 42.1 Å². The van der Waals surface area contributed by atoms with Crippen LogP contribution in [0.1, 0.15) is 25.0 Å². The van der Waals surface area contributed by atoms with Gasteiger partial charge in [0.2, 0.25) is 0 Å². The molecule has 0 amide bonds. The fourth-order valence-corrected chi connectivity index (χ4v) is 2.42. The maximum Gasteiger partial charge on any atom is 0.303 e. The number of nitriles is 1. The fourth-order valence-electron chi connectivity index (χ4n) is 2.42. The van der Waals surface area contributed by atoms with E-state index in [2.05, 4.69) is 11.2 Å². The van der Waals surface area contributed by atoms with Gasteiger partial charge in [-0.3, -0.25) is 9.48 Å². The smallest absolute Gasteiger partial charge is 0.303 e. The normalized spacial score (nSPS) is 11.8. The van der Waals surface area contributed by atoms with Crippen molar-refractivity contribution in [2.75, 3.05) is 0 Å². The van der Waals surface area contributed by atoms with E-state index in [9.17, 15) is 4.79 Å². The van der Waals surface area contributed by atoms with Gasteiger partial charge in [0.05, 0.1) is 17.5 Å². The van der Waals surface area contributed by atoms with Crippen molar-refractivity contribution in [2.24, 2.45) is 13.0 Å². The number of carboxylic acid groups (broad SMARTS) is 1. The minimum Gasteiger partial charge on any atom is -0.481 e. The highest BCUT2D eigenvalue weighted by Crippen LogP contribution is 2.21. The molecule has 5 heteroatoms. The van der Waals surface area contributed by atoms with Crippen molar-refractivity contribution in [1.29, 1.82) is 5.26 Å². The molecule has 114 valence electrons. The molecule has 0 saturated carbocycles. The highest BCUT2D eigenvalue weighted by molar-refractivity contribution is 5.66. The number of carboxylic acids is 1. The summed E-state index contributed by atoms with van der Waals surface area (Å²) in [6.45, 7) is 0. The van der Waals surface area contributed by atoms with Crippen molar-refractivity contribution in [2.45, 2.75) is 25.7 Å². The van der Waals surface area contributed by atoms with Crippen LogP contribution in [0.5, 0.6) is 0 Å². The number of benzene rings is 1. The van der Waals surface area contributed by atoms with Crippen LogP contribution >= 0.6 is 0 Å². The van der Waals surface area contributed by atoms with Crippen LogP contribution in [0.15, 0.2) is 36.4 Å². The maximum atomic E-state index is 10.6. The average molecular weight is 297 g/mol. The summed E-state index contributed by atoms with van der Waals surface area (Å²) in [7, 11) is 1.90.